The molecule has 4 heterocycles. The van der Waals surface area contributed by atoms with E-state index in [1.54, 1.807) is 6.20 Å². The number of carbonyl (C=O) groups excluding carboxylic acids is 1. The van der Waals surface area contributed by atoms with E-state index in [-0.39, 0.29) is 5.91 Å². The van der Waals surface area contributed by atoms with Crippen LogP contribution >= 0.6 is 0 Å². The standard InChI is InChI=1S/C12H18N4O/c1-8-10(6-13-15-8)12(17)14-11-7-16-4-2-9(11)3-5-16/h6,9,11H,2-5,7H2,1H3,(H,13,15)(H,14,17). The maximum Gasteiger partial charge on any atom is 0.255 e. The van der Waals surface area contributed by atoms with Gasteiger partial charge in [-0.05, 0) is 38.8 Å². The topological polar surface area (TPSA) is 61.0 Å². The normalized spacial score (nSPS) is 31.5. The van der Waals surface area contributed by atoms with Crippen LogP contribution in [0.15, 0.2) is 6.20 Å². The molecule has 2 bridgehead atoms. The summed E-state index contributed by atoms with van der Waals surface area (Å²) in [5.41, 5.74) is 1.50. The number of aryl methyl sites for hydroxylation is 1. The van der Waals surface area contributed by atoms with Crippen molar-refractivity contribution in [1.29, 1.82) is 0 Å². The fraction of sp³-hybridized carbons (Fsp3) is 0.667. The number of hydrogen-bond acceptors (Lipinski definition) is 3. The number of rotatable bonds is 2. The van der Waals surface area contributed by atoms with Gasteiger partial charge in [-0.25, -0.2) is 0 Å². The molecule has 3 saturated heterocycles. The molecule has 0 aliphatic carbocycles. The number of carbonyl (C=O) groups is 1. The quantitative estimate of drug-likeness (QED) is 0.785. The first-order chi connectivity index (χ1) is 8.24. The number of nitrogens with one attached hydrogen (secondary N) is 2. The van der Waals surface area contributed by atoms with Crippen molar-refractivity contribution in [3.05, 3.63) is 17.5 Å². The van der Waals surface area contributed by atoms with E-state index in [2.05, 4.69) is 20.4 Å². The molecule has 1 amide bonds. The monoisotopic (exact) mass is 234 g/mol. The van der Waals surface area contributed by atoms with E-state index in [1.165, 1.54) is 25.9 Å². The SMILES string of the molecule is Cc1[nH]ncc1C(=O)NC1CN2CCC1CC2. The summed E-state index contributed by atoms with van der Waals surface area (Å²) in [4.78, 5) is 14.5. The summed E-state index contributed by atoms with van der Waals surface area (Å²) >= 11 is 0. The average Bonchev–Trinajstić information content (AvgIpc) is 2.77. The van der Waals surface area contributed by atoms with Gasteiger partial charge in [0.1, 0.15) is 0 Å². The number of aromatic amines is 1. The average molecular weight is 234 g/mol. The Morgan fingerprint density at radius 2 is 2.29 bits per heavy atom. The molecule has 5 nitrogen and oxygen atoms in total. The van der Waals surface area contributed by atoms with Crippen LogP contribution in [0.1, 0.15) is 28.9 Å². The van der Waals surface area contributed by atoms with Gasteiger partial charge in [-0.15, -0.1) is 0 Å². The van der Waals surface area contributed by atoms with Crippen LogP contribution in [0.4, 0.5) is 0 Å². The molecule has 1 aromatic heterocycles. The predicted molar refractivity (Wildman–Crippen MR) is 63.7 cm³/mol. The van der Waals surface area contributed by atoms with Gasteiger partial charge in [0.05, 0.1) is 11.8 Å². The molecule has 1 atom stereocenters. The summed E-state index contributed by atoms with van der Waals surface area (Å²) in [6.07, 6.45) is 4.04. The van der Waals surface area contributed by atoms with Crippen molar-refractivity contribution in [2.45, 2.75) is 25.8 Å². The molecule has 5 heteroatoms. The molecule has 3 fully saturated rings. The van der Waals surface area contributed by atoms with Crippen LogP contribution in [0.2, 0.25) is 0 Å². The highest BCUT2D eigenvalue weighted by Crippen LogP contribution is 2.27. The van der Waals surface area contributed by atoms with Crippen molar-refractivity contribution in [1.82, 2.24) is 20.4 Å². The number of piperidine rings is 3. The van der Waals surface area contributed by atoms with Gasteiger partial charge >= 0.3 is 0 Å². The lowest BCUT2D eigenvalue weighted by atomic mass is 9.84. The van der Waals surface area contributed by atoms with Gasteiger partial charge in [0.2, 0.25) is 0 Å². The molecule has 0 spiro atoms. The second-order valence-corrected chi connectivity index (χ2v) is 5.13. The summed E-state index contributed by atoms with van der Waals surface area (Å²) < 4.78 is 0. The molecular weight excluding hydrogens is 216 g/mol. The van der Waals surface area contributed by atoms with Crippen LogP contribution in [0.25, 0.3) is 0 Å². The Balaban J connectivity index is 1.68. The molecule has 17 heavy (non-hydrogen) atoms. The number of amides is 1. The van der Waals surface area contributed by atoms with Crippen molar-refractivity contribution >= 4 is 5.91 Å². The lowest BCUT2D eigenvalue weighted by Crippen LogP contribution is -2.57. The van der Waals surface area contributed by atoms with Crippen LogP contribution in [0.3, 0.4) is 0 Å². The Morgan fingerprint density at radius 3 is 2.82 bits per heavy atom. The van der Waals surface area contributed by atoms with E-state index < -0.39 is 0 Å². The first kappa shape index (κ1) is 10.8. The molecule has 0 saturated carbocycles. The lowest BCUT2D eigenvalue weighted by Gasteiger charge is -2.44. The Labute approximate surface area is 101 Å². The summed E-state index contributed by atoms with van der Waals surface area (Å²) in [6.45, 7) is 5.27. The largest absolute Gasteiger partial charge is 0.348 e. The van der Waals surface area contributed by atoms with E-state index in [9.17, 15) is 4.79 Å². The van der Waals surface area contributed by atoms with Crippen molar-refractivity contribution in [2.24, 2.45) is 5.92 Å². The molecular formula is C12H18N4O. The first-order valence-electron chi connectivity index (χ1n) is 6.27. The van der Waals surface area contributed by atoms with E-state index in [0.29, 0.717) is 17.5 Å². The third-order valence-corrected chi connectivity index (χ3v) is 4.05. The highest BCUT2D eigenvalue weighted by molar-refractivity contribution is 5.95. The van der Waals surface area contributed by atoms with Gasteiger partial charge in [0, 0.05) is 18.3 Å². The van der Waals surface area contributed by atoms with Crippen molar-refractivity contribution < 1.29 is 4.79 Å². The van der Waals surface area contributed by atoms with Gasteiger partial charge in [-0.1, -0.05) is 0 Å². The maximum absolute atomic E-state index is 12.1. The molecule has 1 aromatic rings. The first-order valence-corrected chi connectivity index (χ1v) is 6.27. The molecule has 1 unspecified atom stereocenters. The minimum Gasteiger partial charge on any atom is -0.348 e. The van der Waals surface area contributed by atoms with E-state index in [0.717, 1.165) is 12.2 Å². The fourth-order valence-corrected chi connectivity index (χ4v) is 2.95. The van der Waals surface area contributed by atoms with Crippen LogP contribution < -0.4 is 5.32 Å². The van der Waals surface area contributed by atoms with Crippen molar-refractivity contribution in [2.75, 3.05) is 19.6 Å². The van der Waals surface area contributed by atoms with Crippen molar-refractivity contribution in [3.63, 3.8) is 0 Å². The highest BCUT2D eigenvalue weighted by Gasteiger charge is 2.35. The third kappa shape index (κ3) is 1.95. The molecule has 92 valence electrons. The van der Waals surface area contributed by atoms with Gasteiger partial charge in [-0.2, -0.15) is 5.10 Å². The Bertz CT molecular complexity index is 420. The van der Waals surface area contributed by atoms with Crippen LogP contribution in [-0.2, 0) is 0 Å². The highest BCUT2D eigenvalue weighted by atomic mass is 16.1. The van der Waals surface area contributed by atoms with E-state index in [4.69, 9.17) is 0 Å². The zero-order valence-corrected chi connectivity index (χ0v) is 10.1. The Hall–Kier alpha value is -1.36. The number of H-pyrrole nitrogens is 1. The molecule has 0 radical (unpaired) electrons. The zero-order valence-electron chi connectivity index (χ0n) is 10.1. The second kappa shape index (κ2) is 4.14. The molecule has 2 N–H and O–H groups in total. The van der Waals surface area contributed by atoms with Gasteiger partial charge in [-0.3, -0.25) is 9.89 Å². The number of nitrogens with zero attached hydrogens (tertiary/aromatic N) is 2. The molecule has 0 aromatic carbocycles. The summed E-state index contributed by atoms with van der Waals surface area (Å²) in [5, 5.41) is 9.84. The van der Waals surface area contributed by atoms with E-state index >= 15 is 0 Å². The van der Waals surface area contributed by atoms with E-state index in [1.807, 2.05) is 6.92 Å². The minimum absolute atomic E-state index is 0.00926. The Kier molecular flexibility index (Phi) is 2.63. The summed E-state index contributed by atoms with van der Waals surface area (Å²) in [7, 11) is 0. The molecule has 3 aliphatic rings. The third-order valence-electron chi connectivity index (χ3n) is 4.05. The zero-order chi connectivity index (χ0) is 11.8. The molecule has 3 aliphatic heterocycles. The lowest BCUT2D eigenvalue weighted by molar-refractivity contribution is 0.0620. The number of hydrogen-bond donors (Lipinski definition) is 2. The summed E-state index contributed by atoms with van der Waals surface area (Å²) in [6, 6.07) is 0.319. The van der Waals surface area contributed by atoms with Gasteiger partial charge in [0.15, 0.2) is 0 Å². The van der Waals surface area contributed by atoms with Crippen LogP contribution in [0, 0.1) is 12.8 Å². The predicted octanol–water partition coefficient (Wildman–Crippen LogP) is 0.542. The Morgan fingerprint density at radius 1 is 1.53 bits per heavy atom. The smallest absolute Gasteiger partial charge is 0.255 e. The molecule has 4 rings (SSSR count). The number of fused-ring (bicyclic) bond motifs is 3. The fourth-order valence-electron chi connectivity index (χ4n) is 2.95. The maximum atomic E-state index is 12.1. The summed E-state index contributed by atoms with van der Waals surface area (Å²) in [5.74, 6) is 0.672. The van der Waals surface area contributed by atoms with Crippen LogP contribution in [0.5, 0.6) is 0 Å². The van der Waals surface area contributed by atoms with Gasteiger partial charge in [0.25, 0.3) is 5.91 Å². The van der Waals surface area contributed by atoms with Crippen LogP contribution in [-0.4, -0.2) is 46.7 Å². The second-order valence-electron chi connectivity index (χ2n) is 5.13. The van der Waals surface area contributed by atoms with Crippen molar-refractivity contribution in [3.8, 4) is 0 Å². The number of aromatic nitrogens is 2. The van der Waals surface area contributed by atoms with Gasteiger partial charge < -0.3 is 10.2 Å². The minimum atomic E-state index is 0.00926.